The van der Waals surface area contributed by atoms with Crippen LogP contribution in [0.5, 0.6) is 11.5 Å². The van der Waals surface area contributed by atoms with Crippen molar-refractivity contribution in [2.45, 2.75) is 25.8 Å². The zero-order chi connectivity index (χ0) is 21.1. The van der Waals surface area contributed by atoms with Gasteiger partial charge >= 0.3 is 0 Å². The molecule has 0 N–H and O–H groups in total. The van der Waals surface area contributed by atoms with Gasteiger partial charge in [0.1, 0.15) is 17.3 Å². The maximum Gasteiger partial charge on any atom is 0.257 e. The number of carbonyl (C=O) groups is 1. The van der Waals surface area contributed by atoms with Gasteiger partial charge in [-0.05, 0) is 44.0 Å². The molecule has 3 aromatic rings. The number of hydrogen-bond acceptors (Lipinski definition) is 5. The van der Waals surface area contributed by atoms with Gasteiger partial charge < -0.3 is 18.9 Å². The highest BCUT2D eigenvalue weighted by Gasteiger charge is 2.29. The number of imidazole rings is 1. The van der Waals surface area contributed by atoms with Crippen LogP contribution in [0.1, 0.15) is 34.9 Å². The fourth-order valence-corrected chi connectivity index (χ4v) is 4.11. The number of nitrogens with zero attached hydrogens (tertiary/aromatic N) is 4. The van der Waals surface area contributed by atoms with E-state index in [0.29, 0.717) is 23.6 Å². The van der Waals surface area contributed by atoms with Crippen molar-refractivity contribution in [1.29, 1.82) is 0 Å². The van der Waals surface area contributed by atoms with Gasteiger partial charge in [0.05, 0.1) is 25.8 Å². The molecule has 0 radical (unpaired) electrons. The van der Waals surface area contributed by atoms with Gasteiger partial charge in [-0.1, -0.05) is 0 Å². The Hall–Kier alpha value is -3.35. The molecule has 1 atom stereocenters. The monoisotopic (exact) mass is 406 g/mol. The summed E-state index contributed by atoms with van der Waals surface area (Å²) in [7, 11) is 3.17. The molecule has 156 valence electrons. The van der Waals surface area contributed by atoms with Crippen molar-refractivity contribution in [1.82, 2.24) is 19.4 Å². The standard InChI is InChI=1S/C23H26N4O3/c1-16-13-25-22(17-6-4-10-24-14-17)27(16)18-7-5-11-26(15-18)23(28)20-9-8-19(29-2)12-21(20)30-3/h4,6,8-10,12-14,18H,5,7,11,15H2,1-3H3. The van der Waals surface area contributed by atoms with Crippen LogP contribution in [0.15, 0.2) is 48.9 Å². The summed E-state index contributed by atoms with van der Waals surface area (Å²) >= 11 is 0. The number of ether oxygens (including phenoxy) is 2. The van der Waals surface area contributed by atoms with Crippen molar-refractivity contribution in [2.24, 2.45) is 0 Å². The molecule has 1 aliphatic rings. The molecule has 1 unspecified atom stereocenters. The zero-order valence-electron chi connectivity index (χ0n) is 17.5. The van der Waals surface area contributed by atoms with Crippen molar-refractivity contribution >= 4 is 5.91 Å². The highest BCUT2D eigenvalue weighted by molar-refractivity contribution is 5.97. The zero-order valence-corrected chi connectivity index (χ0v) is 17.5. The van der Waals surface area contributed by atoms with Crippen LogP contribution in [0.2, 0.25) is 0 Å². The smallest absolute Gasteiger partial charge is 0.257 e. The van der Waals surface area contributed by atoms with E-state index >= 15 is 0 Å². The summed E-state index contributed by atoms with van der Waals surface area (Å²) in [5.41, 5.74) is 2.61. The first-order chi connectivity index (χ1) is 14.6. The van der Waals surface area contributed by atoms with Crippen LogP contribution in [-0.4, -0.2) is 52.7 Å². The van der Waals surface area contributed by atoms with Crippen LogP contribution in [0.25, 0.3) is 11.4 Å². The van der Waals surface area contributed by atoms with Gasteiger partial charge in [0.25, 0.3) is 5.91 Å². The lowest BCUT2D eigenvalue weighted by molar-refractivity contribution is 0.0675. The molecule has 1 aliphatic heterocycles. The molecule has 0 saturated carbocycles. The number of likely N-dealkylation sites (tertiary alicyclic amines) is 1. The van der Waals surface area contributed by atoms with Gasteiger partial charge in [0.2, 0.25) is 0 Å². The maximum atomic E-state index is 13.3. The van der Waals surface area contributed by atoms with Gasteiger partial charge in [0, 0.05) is 49.0 Å². The van der Waals surface area contributed by atoms with Crippen LogP contribution in [0.4, 0.5) is 0 Å². The Morgan fingerprint density at radius 2 is 2.03 bits per heavy atom. The van der Waals surface area contributed by atoms with Crippen LogP contribution in [0.3, 0.4) is 0 Å². The SMILES string of the molecule is COc1ccc(C(=O)N2CCCC(n3c(C)cnc3-c3cccnc3)C2)c(OC)c1. The summed E-state index contributed by atoms with van der Waals surface area (Å²) in [6, 6.07) is 9.39. The molecule has 7 nitrogen and oxygen atoms in total. The normalized spacial score (nSPS) is 16.4. The van der Waals surface area contributed by atoms with E-state index in [0.717, 1.165) is 36.5 Å². The molecule has 0 spiro atoms. The van der Waals surface area contributed by atoms with E-state index in [2.05, 4.69) is 21.5 Å². The van der Waals surface area contributed by atoms with Crippen LogP contribution >= 0.6 is 0 Å². The molecule has 7 heteroatoms. The average Bonchev–Trinajstić information content (AvgIpc) is 3.20. The Labute approximate surface area is 176 Å². The molecule has 3 heterocycles. The van der Waals surface area contributed by atoms with E-state index in [-0.39, 0.29) is 11.9 Å². The van der Waals surface area contributed by atoms with Crippen molar-refractivity contribution in [3.8, 4) is 22.9 Å². The van der Waals surface area contributed by atoms with E-state index in [1.807, 2.05) is 29.4 Å². The molecular weight excluding hydrogens is 380 g/mol. The van der Waals surface area contributed by atoms with E-state index < -0.39 is 0 Å². The minimum atomic E-state index is -0.0279. The number of benzene rings is 1. The van der Waals surface area contributed by atoms with Gasteiger partial charge in [-0.15, -0.1) is 0 Å². The summed E-state index contributed by atoms with van der Waals surface area (Å²) in [6.07, 6.45) is 7.39. The second-order valence-electron chi connectivity index (χ2n) is 7.45. The third kappa shape index (κ3) is 3.75. The van der Waals surface area contributed by atoms with Crippen molar-refractivity contribution in [2.75, 3.05) is 27.3 Å². The Kier molecular flexibility index (Phi) is 5.70. The third-order valence-electron chi connectivity index (χ3n) is 5.59. The molecule has 1 amide bonds. The van der Waals surface area contributed by atoms with Gasteiger partial charge in [-0.3, -0.25) is 9.78 Å². The predicted octanol–water partition coefficient (Wildman–Crippen LogP) is 3.75. The molecule has 0 bridgehead atoms. The lowest BCUT2D eigenvalue weighted by Gasteiger charge is -2.35. The molecule has 30 heavy (non-hydrogen) atoms. The summed E-state index contributed by atoms with van der Waals surface area (Å²) in [5.74, 6) is 2.05. The number of rotatable bonds is 5. The lowest BCUT2D eigenvalue weighted by Crippen LogP contribution is -2.41. The van der Waals surface area contributed by atoms with Crippen molar-refractivity contribution in [3.63, 3.8) is 0 Å². The molecule has 1 aromatic carbocycles. The molecule has 2 aromatic heterocycles. The number of methoxy groups -OCH3 is 2. The number of aryl methyl sites for hydroxylation is 1. The number of hydrogen-bond donors (Lipinski definition) is 0. The molecule has 1 fully saturated rings. The van der Waals surface area contributed by atoms with Crippen molar-refractivity contribution in [3.05, 3.63) is 60.2 Å². The second-order valence-corrected chi connectivity index (χ2v) is 7.45. The van der Waals surface area contributed by atoms with E-state index in [4.69, 9.17) is 9.47 Å². The summed E-state index contributed by atoms with van der Waals surface area (Å²) in [6.45, 7) is 3.40. The van der Waals surface area contributed by atoms with Gasteiger partial charge in [-0.25, -0.2) is 4.98 Å². The largest absolute Gasteiger partial charge is 0.497 e. The fraction of sp³-hybridized carbons (Fsp3) is 0.348. The average molecular weight is 406 g/mol. The quantitative estimate of drug-likeness (QED) is 0.645. The number of aromatic nitrogens is 3. The summed E-state index contributed by atoms with van der Waals surface area (Å²) in [5, 5.41) is 0. The minimum Gasteiger partial charge on any atom is -0.497 e. The number of piperidine rings is 1. The minimum absolute atomic E-state index is 0.0279. The molecule has 4 rings (SSSR count). The van der Waals surface area contributed by atoms with Crippen LogP contribution in [0, 0.1) is 6.92 Å². The topological polar surface area (TPSA) is 69.5 Å². The van der Waals surface area contributed by atoms with Gasteiger partial charge in [0.15, 0.2) is 0 Å². The number of pyridine rings is 1. The highest BCUT2D eigenvalue weighted by Crippen LogP contribution is 2.31. The molecule has 1 saturated heterocycles. The Morgan fingerprint density at radius 3 is 2.77 bits per heavy atom. The van der Waals surface area contributed by atoms with Crippen LogP contribution in [-0.2, 0) is 0 Å². The molecular formula is C23H26N4O3. The maximum absolute atomic E-state index is 13.3. The first-order valence-corrected chi connectivity index (χ1v) is 10.1. The lowest BCUT2D eigenvalue weighted by atomic mass is 10.0. The fourth-order valence-electron chi connectivity index (χ4n) is 4.11. The second kappa shape index (κ2) is 8.57. The predicted molar refractivity (Wildman–Crippen MR) is 114 cm³/mol. The Bertz CT molecular complexity index is 1030. The van der Waals surface area contributed by atoms with Crippen molar-refractivity contribution < 1.29 is 14.3 Å². The first-order valence-electron chi connectivity index (χ1n) is 10.1. The summed E-state index contributed by atoms with van der Waals surface area (Å²) in [4.78, 5) is 24.1. The van der Waals surface area contributed by atoms with Crippen LogP contribution < -0.4 is 9.47 Å². The summed E-state index contributed by atoms with van der Waals surface area (Å²) < 4.78 is 12.9. The first kappa shape index (κ1) is 19.9. The van der Waals surface area contributed by atoms with E-state index in [9.17, 15) is 4.79 Å². The van der Waals surface area contributed by atoms with E-state index in [1.165, 1.54) is 0 Å². The van der Waals surface area contributed by atoms with E-state index in [1.54, 1.807) is 38.6 Å². The third-order valence-corrected chi connectivity index (χ3v) is 5.59. The highest BCUT2D eigenvalue weighted by atomic mass is 16.5. The number of carbonyl (C=O) groups excluding carboxylic acids is 1. The molecule has 0 aliphatic carbocycles. The Balaban J connectivity index is 1.61. The number of amides is 1. The Morgan fingerprint density at radius 1 is 1.17 bits per heavy atom. The van der Waals surface area contributed by atoms with Gasteiger partial charge in [-0.2, -0.15) is 0 Å².